The lowest BCUT2D eigenvalue weighted by molar-refractivity contribution is -0.139. The summed E-state index contributed by atoms with van der Waals surface area (Å²) >= 11 is 1.26. The van der Waals surface area contributed by atoms with E-state index in [0.29, 0.717) is 6.54 Å². The SMILES string of the molecule is CCCNC(=O)CSC(C)(C)[C@@H](N)C(=O)O. The zero-order valence-corrected chi connectivity index (χ0v) is 10.8. The van der Waals surface area contributed by atoms with Crippen LogP contribution in [0.1, 0.15) is 27.2 Å². The maximum absolute atomic E-state index is 11.3. The molecule has 0 heterocycles. The number of nitrogens with two attached hydrogens (primary N) is 1. The Bertz CT molecular complexity index is 256. The molecular formula is C10H20N2O3S. The summed E-state index contributed by atoms with van der Waals surface area (Å²) in [7, 11) is 0. The summed E-state index contributed by atoms with van der Waals surface area (Å²) in [6.45, 7) is 6.07. The molecule has 1 atom stereocenters. The number of carbonyl (C=O) groups is 2. The van der Waals surface area contributed by atoms with Crippen molar-refractivity contribution in [2.24, 2.45) is 5.73 Å². The van der Waals surface area contributed by atoms with E-state index in [-0.39, 0.29) is 11.7 Å². The van der Waals surface area contributed by atoms with Gasteiger partial charge in [0.2, 0.25) is 5.91 Å². The highest BCUT2D eigenvalue weighted by molar-refractivity contribution is 8.01. The molecule has 0 radical (unpaired) electrons. The summed E-state index contributed by atoms with van der Waals surface area (Å²) < 4.78 is -0.657. The van der Waals surface area contributed by atoms with Gasteiger partial charge >= 0.3 is 5.97 Å². The van der Waals surface area contributed by atoms with E-state index in [9.17, 15) is 9.59 Å². The Morgan fingerprint density at radius 2 is 2.06 bits per heavy atom. The third kappa shape index (κ3) is 5.37. The van der Waals surface area contributed by atoms with Gasteiger partial charge in [0.15, 0.2) is 0 Å². The van der Waals surface area contributed by atoms with Crippen LogP contribution in [0.4, 0.5) is 0 Å². The highest BCUT2D eigenvalue weighted by Gasteiger charge is 2.32. The summed E-state index contributed by atoms with van der Waals surface area (Å²) in [5, 5.41) is 11.5. The molecule has 0 unspecified atom stereocenters. The summed E-state index contributed by atoms with van der Waals surface area (Å²) in [5.74, 6) is -0.905. The number of carbonyl (C=O) groups excluding carboxylic acids is 1. The molecule has 4 N–H and O–H groups in total. The molecule has 0 aliphatic carbocycles. The van der Waals surface area contributed by atoms with E-state index in [1.807, 2.05) is 6.92 Å². The van der Waals surface area contributed by atoms with E-state index in [2.05, 4.69) is 5.32 Å². The smallest absolute Gasteiger partial charge is 0.321 e. The molecule has 94 valence electrons. The normalized spacial score (nSPS) is 13.2. The maximum Gasteiger partial charge on any atom is 0.321 e. The van der Waals surface area contributed by atoms with Gasteiger partial charge in [-0.3, -0.25) is 9.59 Å². The van der Waals surface area contributed by atoms with Crippen LogP contribution in [0.5, 0.6) is 0 Å². The first-order valence-corrected chi connectivity index (χ1v) is 6.19. The lowest BCUT2D eigenvalue weighted by Gasteiger charge is -2.27. The van der Waals surface area contributed by atoms with Crippen LogP contribution < -0.4 is 11.1 Å². The van der Waals surface area contributed by atoms with E-state index in [1.54, 1.807) is 13.8 Å². The Labute approximate surface area is 100 Å². The zero-order chi connectivity index (χ0) is 12.8. The average Bonchev–Trinajstić information content (AvgIpc) is 2.22. The van der Waals surface area contributed by atoms with Crippen LogP contribution in [-0.4, -0.2) is 40.1 Å². The average molecular weight is 248 g/mol. The van der Waals surface area contributed by atoms with Crippen molar-refractivity contribution in [1.29, 1.82) is 0 Å². The third-order valence-corrected chi connectivity index (χ3v) is 3.57. The molecule has 0 aromatic carbocycles. The van der Waals surface area contributed by atoms with Crippen molar-refractivity contribution in [3.05, 3.63) is 0 Å². The van der Waals surface area contributed by atoms with Crippen molar-refractivity contribution in [3.63, 3.8) is 0 Å². The molecular weight excluding hydrogens is 228 g/mol. The fourth-order valence-electron chi connectivity index (χ4n) is 0.954. The molecule has 0 aromatic heterocycles. The fraction of sp³-hybridized carbons (Fsp3) is 0.800. The van der Waals surface area contributed by atoms with Gasteiger partial charge in [-0.25, -0.2) is 0 Å². The van der Waals surface area contributed by atoms with Gasteiger partial charge in [0.1, 0.15) is 6.04 Å². The van der Waals surface area contributed by atoms with Crippen molar-refractivity contribution in [2.75, 3.05) is 12.3 Å². The number of carboxylic acids is 1. The Morgan fingerprint density at radius 3 is 2.50 bits per heavy atom. The first kappa shape index (κ1) is 15.2. The van der Waals surface area contributed by atoms with E-state index in [1.165, 1.54) is 11.8 Å². The molecule has 0 saturated carbocycles. The van der Waals surface area contributed by atoms with Crippen LogP contribution in [0, 0.1) is 0 Å². The van der Waals surface area contributed by atoms with E-state index in [4.69, 9.17) is 10.8 Å². The molecule has 0 rings (SSSR count). The summed E-state index contributed by atoms with van der Waals surface area (Å²) in [6.07, 6.45) is 0.883. The largest absolute Gasteiger partial charge is 0.480 e. The van der Waals surface area contributed by atoms with E-state index in [0.717, 1.165) is 6.42 Å². The minimum absolute atomic E-state index is 0.0856. The number of thioether (sulfide) groups is 1. The second-order valence-electron chi connectivity index (χ2n) is 4.06. The van der Waals surface area contributed by atoms with Crippen molar-refractivity contribution in [1.82, 2.24) is 5.32 Å². The topological polar surface area (TPSA) is 92.4 Å². The lowest BCUT2D eigenvalue weighted by atomic mass is 10.1. The summed E-state index contributed by atoms with van der Waals surface area (Å²) in [4.78, 5) is 22.0. The van der Waals surface area contributed by atoms with Crippen LogP contribution in [0.25, 0.3) is 0 Å². The number of rotatable bonds is 7. The van der Waals surface area contributed by atoms with Gasteiger partial charge in [-0.2, -0.15) is 0 Å². The first-order valence-electron chi connectivity index (χ1n) is 5.20. The van der Waals surface area contributed by atoms with Crippen LogP contribution in [0.15, 0.2) is 0 Å². The van der Waals surface area contributed by atoms with Gasteiger partial charge in [-0.05, 0) is 20.3 Å². The van der Waals surface area contributed by atoms with Crippen molar-refractivity contribution in [2.45, 2.75) is 38.0 Å². The fourth-order valence-corrected chi connectivity index (χ4v) is 1.84. The summed E-state index contributed by atoms with van der Waals surface area (Å²) in [6, 6.07) is -0.975. The molecule has 0 bridgehead atoms. The predicted octanol–water partition coefficient (Wildman–Crippen LogP) is 0.436. The standard InChI is InChI=1S/C10H20N2O3S/c1-4-5-12-7(13)6-16-10(2,3)8(11)9(14)15/h8H,4-6,11H2,1-3H3,(H,12,13)(H,14,15)/t8-/m0/s1. The summed E-state index contributed by atoms with van der Waals surface area (Å²) in [5.41, 5.74) is 5.53. The second kappa shape index (κ2) is 6.75. The number of amides is 1. The minimum atomic E-state index is -1.05. The van der Waals surface area contributed by atoms with Crippen molar-refractivity contribution >= 4 is 23.6 Å². The first-order chi connectivity index (χ1) is 7.31. The molecule has 1 amide bonds. The number of hydrogen-bond donors (Lipinski definition) is 3. The monoisotopic (exact) mass is 248 g/mol. The van der Waals surface area contributed by atoms with Gasteiger partial charge < -0.3 is 16.2 Å². The Balaban J connectivity index is 4.08. The highest BCUT2D eigenvalue weighted by atomic mass is 32.2. The lowest BCUT2D eigenvalue weighted by Crippen LogP contribution is -2.47. The van der Waals surface area contributed by atoms with Gasteiger partial charge in [0, 0.05) is 11.3 Å². The van der Waals surface area contributed by atoms with E-state index >= 15 is 0 Å². The number of carboxylic acid groups (broad SMARTS) is 1. The zero-order valence-electron chi connectivity index (χ0n) is 9.95. The van der Waals surface area contributed by atoms with Crippen LogP contribution in [0.2, 0.25) is 0 Å². The molecule has 0 saturated heterocycles. The molecule has 6 heteroatoms. The van der Waals surface area contributed by atoms with Crippen LogP contribution in [-0.2, 0) is 9.59 Å². The number of hydrogen-bond acceptors (Lipinski definition) is 4. The Morgan fingerprint density at radius 1 is 1.50 bits per heavy atom. The van der Waals surface area contributed by atoms with Gasteiger partial charge in [0.25, 0.3) is 0 Å². The predicted molar refractivity (Wildman–Crippen MR) is 65.4 cm³/mol. The van der Waals surface area contributed by atoms with Gasteiger partial charge in [-0.1, -0.05) is 6.92 Å². The minimum Gasteiger partial charge on any atom is -0.480 e. The highest BCUT2D eigenvalue weighted by Crippen LogP contribution is 2.27. The number of aliphatic carboxylic acids is 1. The van der Waals surface area contributed by atoms with Gasteiger partial charge in [0.05, 0.1) is 5.75 Å². The maximum atomic E-state index is 11.3. The Hall–Kier alpha value is -0.750. The van der Waals surface area contributed by atoms with Crippen LogP contribution in [0.3, 0.4) is 0 Å². The molecule has 0 spiro atoms. The Kier molecular flexibility index (Phi) is 6.43. The molecule has 0 aromatic rings. The van der Waals surface area contributed by atoms with Crippen LogP contribution >= 0.6 is 11.8 Å². The molecule has 5 nitrogen and oxygen atoms in total. The molecule has 0 aliphatic heterocycles. The molecule has 0 aliphatic rings. The molecule has 16 heavy (non-hydrogen) atoms. The van der Waals surface area contributed by atoms with Crippen molar-refractivity contribution in [3.8, 4) is 0 Å². The molecule has 0 fully saturated rings. The van der Waals surface area contributed by atoms with Gasteiger partial charge in [-0.15, -0.1) is 11.8 Å². The second-order valence-corrected chi connectivity index (χ2v) is 5.69. The van der Waals surface area contributed by atoms with Crippen molar-refractivity contribution < 1.29 is 14.7 Å². The third-order valence-electron chi connectivity index (χ3n) is 2.16. The van der Waals surface area contributed by atoms with E-state index < -0.39 is 16.8 Å². The quantitative estimate of drug-likeness (QED) is 0.608. The number of nitrogens with one attached hydrogen (secondary N) is 1.